The average molecular weight is 858 g/mol. The zero-order chi connectivity index (χ0) is 42.7. The zero-order valence-corrected chi connectivity index (χ0v) is 35.9. The van der Waals surface area contributed by atoms with Gasteiger partial charge >= 0.3 is 0 Å². The molecule has 0 radical (unpaired) electrons. The minimum absolute atomic E-state index is 0.415. The molecule has 0 fully saturated rings. The lowest BCUT2D eigenvalue weighted by atomic mass is 9.81. The van der Waals surface area contributed by atoms with E-state index in [1.54, 1.807) is 0 Å². The number of ether oxygens (including phenoxy) is 3. The molecule has 1 atom stereocenters. The molecule has 0 saturated heterocycles. The van der Waals surface area contributed by atoms with Crippen LogP contribution in [0.4, 0.5) is 17.1 Å². The van der Waals surface area contributed by atoms with E-state index in [4.69, 9.17) is 18.7 Å². The van der Waals surface area contributed by atoms with E-state index in [-0.39, 0.29) is 0 Å². The SMILES string of the molecule is O=P1(C(c2ccc3c(c2)CN(c2ccccc2)CO3)(c2ccc3c(c2)CN(c2ccccc2)CO3)c2ccc3c(c2)CN(c2ccccc2)CO3)Oc2ccccc2-c2ccccc21. The van der Waals surface area contributed by atoms with Crippen molar-refractivity contribution in [1.29, 1.82) is 0 Å². The van der Waals surface area contributed by atoms with Crippen LogP contribution < -0.4 is 38.7 Å². The predicted octanol–water partition coefficient (Wildman–Crippen LogP) is 11.7. The quantitative estimate of drug-likeness (QED) is 0.116. The van der Waals surface area contributed by atoms with Crippen LogP contribution in [-0.2, 0) is 29.4 Å². The van der Waals surface area contributed by atoms with Gasteiger partial charge in [0, 0.05) is 59.0 Å². The van der Waals surface area contributed by atoms with Crippen LogP contribution in [0.15, 0.2) is 194 Å². The molecule has 0 aliphatic carbocycles. The van der Waals surface area contributed by atoms with Crippen molar-refractivity contribution in [3.8, 4) is 34.1 Å². The van der Waals surface area contributed by atoms with Gasteiger partial charge in [-0.25, -0.2) is 0 Å². The Bertz CT molecular complexity index is 2850. The third-order valence-electron chi connectivity index (χ3n) is 13.1. The van der Waals surface area contributed by atoms with E-state index >= 15 is 4.57 Å². The fourth-order valence-corrected chi connectivity index (χ4v) is 13.3. The topological polar surface area (TPSA) is 63.7 Å². The first-order valence-electron chi connectivity index (χ1n) is 21.7. The third-order valence-corrected chi connectivity index (χ3v) is 16.2. The molecule has 314 valence electrons. The molecule has 0 N–H and O–H groups in total. The highest BCUT2D eigenvalue weighted by Gasteiger charge is 2.58. The molecule has 4 aliphatic heterocycles. The Morgan fingerprint density at radius 2 is 0.766 bits per heavy atom. The number of benzene rings is 8. The molecule has 0 spiro atoms. The summed E-state index contributed by atoms with van der Waals surface area (Å²) in [6.07, 6.45) is 0. The summed E-state index contributed by atoms with van der Waals surface area (Å²) in [6, 6.07) is 66.1. The minimum Gasteiger partial charge on any atom is -0.473 e. The lowest BCUT2D eigenvalue weighted by Gasteiger charge is -2.45. The first kappa shape index (κ1) is 38.3. The van der Waals surface area contributed by atoms with Gasteiger partial charge in [-0.3, -0.25) is 4.57 Å². The van der Waals surface area contributed by atoms with Crippen molar-refractivity contribution in [3.05, 3.63) is 228 Å². The second kappa shape index (κ2) is 15.4. The fourth-order valence-electron chi connectivity index (χ4n) is 9.99. The maximum absolute atomic E-state index is 17.7. The van der Waals surface area contributed by atoms with E-state index in [1.165, 1.54) is 0 Å². The summed E-state index contributed by atoms with van der Waals surface area (Å²) in [4.78, 5) is 6.67. The Morgan fingerprint density at radius 3 is 1.20 bits per heavy atom. The molecule has 12 rings (SSSR count). The van der Waals surface area contributed by atoms with Crippen LogP contribution in [0.1, 0.15) is 33.4 Å². The van der Waals surface area contributed by atoms with Crippen molar-refractivity contribution < 1.29 is 23.3 Å². The summed E-state index contributed by atoms with van der Waals surface area (Å²) in [7, 11) is -4.13. The molecule has 8 aromatic rings. The number of hydrogen-bond donors (Lipinski definition) is 0. The van der Waals surface area contributed by atoms with Crippen LogP contribution in [0.5, 0.6) is 23.0 Å². The second-order valence-electron chi connectivity index (χ2n) is 16.8. The number of fused-ring (bicyclic) bond motifs is 6. The molecule has 64 heavy (non-hydrogen) atoms. The number of nitrogens with zero attached hydrogens (tertiary/aromatic N) is 3. The number of anilines is 3. The summed E-state index contributed by atoms with van der Waals surface area (Å²) in [5, 5.41) is -0.747. The highest BCUT2D eigenvalue weighted by molar-refractivity contribution is 7.69. The summed E-state index contributed by atoms with van der Waals surface area (Å²) < 4.78 is 44.4. The van der Waals surface area contributed by atoms with E-state index < -0.39 is 12.5 Å². The van der Waals surface area contributed by atoms with Gasteiger partial charge in [0.15, 0.2) is 20.2 Å². The summed E-state index contributed by atoms with van der Waals surface area (Å²) >= 11 is 0. The van der Waals surface area contributed by atoms with Gasteiger partial charge in [0.25, 0.3) is 7.37 Å². The first-order chi connectivity index (χ1) is 31.5. The van der Waals surface area contributed by atoms with Crippen molar-refractivity contribution in [1.82, 2.24) is 0 Å². The van der Waals surface area contributed by atoms with Crippen LogP contribution >= 0.6 is 7.37 Å². The molecule has 0 bridgehead atoms. The van der Waals surface area contributed by atoms with Gasteiger partial charge in [0.1, 0.15) is 28.2 Å². The molecule has 4 aliphatic rings. The van der Waals surface area contributed by atoms with Crippen LogP contribution in [0, 0.1) is 0 Å². The summed E-state index contributed by atoms with van der Waals surface area (Å²) in [5.41, 5.74) is 10.4. The zero-order valence-electron chi connectivity index (χ0n) is 35.0. The van der Waals surface area contributed by atoms with Crippen molar-refractivity contribution in [2.75, 3.05) is 34.9 Å². The van der Waals surface area contributed by atoms with Gasteiger partial charge in [-0.2, -0.15) is 0 Å². The lowest BCUT2D eigenvalue weighted by molar-refractivity contribution is 0.288. The van der Waals surface area contributed by atoms with E-state index in [1.807, 2.05) is 91.0 Å². The van der Waals surface area contributed by atoms with Crippen molar-refractivity contribution >= 4 is 29.7 Å². The van der Waals surface area contributed by atoms with Crippen molar-refractivity contribution in [2.45, 2.75) is 24.8 Å². The molecule has 8 aromatic carbocycles. The second-order valence-corrected chi connectivity index (χ2v) is 19.2. The van der Waals surface area contributed by atoms with Gasteiger partial charge in [0.2, 0.25) is 0 Å². The van der Waals surface area contributed by atoms with Gasteiger partial charge in [0.05, 0.1) is 5.30 Å². The van der Waals surface area contributed by atoms with Crippen LogP contribution in [0.25, 0.3) is 11.1 Å². The van der Waals surface area contributed by atoms with Gasteiger partial charge in [-0.05, 0) is 107 Å². The molecule has 1 unspecified atom stereocenters. The Hall–Kier alpha value is -7.41. The fraction of sp³-hybridized carbons (Fsp3) is 0.127. The molecule has 4 heterocycles. The average Bonchev–Trinajstić information content (AvgIpc) is 3.37. The predicted molar refractivity (Wildman–Crippen MR) is 253 cm³/mol. The van der Waals surface area contributed by atoms with E-state index in [2.05, 4.69) is 118 Å². The molecule has 9 heteroatoms. The van der Waals surface area contributed by atoms with Crippen LogP contribution in [0.3, 0.4) is 0 Å². The standard InChI is InChI=1S/C55H44N3O5P/c59-64(54-23-13-11-21-49(54)48-20-10-12-22-53(48)63-64)55(42-24-27-50-39(30-42)33-56(36-60-50)45-14-4-1-5-15-45,43-25-28-51-40(31-43)34-57(37-61-51)46-16-6-2-7-17-46)44-26-29-52-41(32-44)35-58(38-62-52)47-18-8-3-9-19-47/h1-32H,33-38H2. The summed E-state index contributed by atoms with van der Waals surface area (Å²) in [6.45, 7) is 3.04. The number of hydrogen-bond acceptors (Lipinski definition) is 8. The maximum Gasteiger partial charge on any atom is 0.296 e. The third kappa shape index (κ3) is 6.23. The molecule has 0 saturated carbocycles. The van der Waals surface area contributed by atoms with E-state index in [0.717, 1.165) is 78.8 Å². The normalized spacial score (nSPS) is 17.2. The summed E-state index contributed by atoms with van der Waals surface area (Å²) in [5.74, 6) is 2.98. The van der Waals surface area contributed by atoms with Crippen molar-refractivity contribution in [3.63, 3.8) is 0 Å². The van der Waals surface area contributed by atoms with Gasteiger partial charge in [-0.1, -0.05) is 109 Å². The van der Waals surface area contributed by atoms with Crippen LogP contribution in [-0.4, -0.2) is 20.2 Å². The van der Waals surface area contributed by atoms with Crippen LogP contribution in [0.2, 0.25) is 0 Å². The molecular weight excluding hydrogens is 814 g/mol. The lowest BCUT2D eigenvalue weighted by Crippen LogP contribution is -2.39. The first-order valence-corrected chi connectivity index (χ1v) is 23.3. The number of rotatable bonds is 7. The van der Waals surface area contributed by atoms with Gasteiger partial charge in [-0.15, -0.1) is 0 Å². The molecular formula is C55H44N3O5P. The van der Waals surface area contributed by atoms with E-state index in [9.17, 15) is 0 Å². The highest BCUT2D eigenvalue weighted by atomic mass is 31.2. The molecule has 0 amide bonds. The Balaban J connectivity index is 1.13. The molecule has 8 nitrogen and oxygen atoms in total. The van der Waals surface area contributed by atoms with E-state index in [0.29, 0.717) is 50.9 Å². The Kier molecular flexibility index (Phi) is 9.23. The smallest absolute Gasteiger partial charge is 0.296 e. The Morgan fingerprint density at radius 1 is 0.391 bits per heavy atom. The van der Waals surface area contributed by atoms with Crippen molar-refractivity contribution in [2.24, 2.45) is 0 Å². The largest absolute Gasteiger partial charge is 0.473 e. The minimum atomic E-state index is -4.13. The highest BCUT2D eigenvalue weighted by Crippen LogP contribution is 2.72. The number of para-hydroxylation sites is 4. The van der Waals surface area contributed by atoms with Gasteiger partial charge < -0.3 is 33.4 Å². The monoisotopic (exact) mass is 857 g/mol. The Labute approximate surface area is 372 Å². The molecule has 0 aromatic heterocycles. The maximum atomic E-state index is 17.7.